The molecule has 0 amide bonds. The second-order valence-corrected chi connectivity index (χ2v) is 10.0. The lowest BCUT2D eigenvalue weighted by Gasteiger charge is -2.39. The van der Waals surface area contributed by atoms with Gasteiger partial charge in [-0.15, -0.1) is 0 Å². The zero-order valence-corrected chi connectivity index (χ0v) is 14.0. The van der Waals surface area contributed by atoms with E-state index in [0.29, 0.717) is 11.8 Å². The SMILES string of the molecule is CC(F)(F)Sc1cccc(S(=O)(=O)C(C)(C)C2CCC2)c1. The van der Waals surface area contributed by atoms with Gasteiger partial charge in [-0.2, -0.15) is 8.78 Å². The summed E-state index contributed by atoms with van der Waals surface area (Å²) in [6.07, 6.45) is 2.88. The molecule has 0 spiro atoms. The molecule has 1 aliphatic rings. The van der Waals surface area contributed by atoms with Gasteiger partial charge in [-0.05, 0) is 50.8 Å². The zero-order valence-electron chi connectivity index (χ0n) is 12.4. The lowest BCUT2D eigenvalue weighted by molar-refractivity contribution is 0.129. The van der Waals surface area contributed by atoms with Crippen LogP contribution in [-0.2, 0) is 9.84 Å². The van der Waals surface area contributed by atoms with Gasteiger partial charge in [-0.3, -0.25) is 0 Å². The molecular formula is C15H20F2O2S2. The first kappa shape index (κ1) is 16.7. The number of thioether (sulfide) groups is 1. The molecular weight excluding hydrogens is 314 g/mol. The van der Waals surface area contributed by atoms with E-state index in [9.17, 15) is 17.2 Å². The fourth-order valence-electron chi connectivity index (χ4n) is 2.54. The van der Waals surface area contributed by atoms with Crippen LogP contribution >= 0.6 is 11.8 Å². The summed E-state index contributed by atoms with van der Waals surface area (Å²) in [5.74, 6) is 0.145. The van der Waals surface area contributed by atoms with Gasteiger partial charge in [-0.1, -0.05) is 24.2 Å². The van der Waals surface area contributed by atoms with Crippen molar-refractivity contribution in [2.45, 2.75) is 59.8 Å². The first-order valence-electron chi connectivity index (χ1n) is 6.95. The molecule has 6 heteroatoms. The molecule has 0 atom stereocenters. The van der Waals surface area contributed by atoms with E-state index in [0.717, 1.165) is 26.2 Å². The van der Waals surface area contributed by atoms with Crippen LogP contribution in [-0.4, -0.2) is 18.4 Å². The molecule has 2 nitrogen and oxygen atoms in total. The molecule has 1 aromatic carbocycles. The van der Waals surface area contributed by atoms with Crippen molar-refractivity contribution >= 4 is 21.6 Å². The van der Waals surface area contributed by atoms with Crippen molar-refractivity contribution in [1.82, 2.24) is 0 Å². The molecule has 0 saturated heterocycles. The van der Waals surface area contributed by atoms with Crippen molar-refractivity contribution in [1.29, 1.82) is 0 Å². The van der Waals surface area contributed by atoms with Gasteiger partial charge in [0.2, 0.25) is 0 Å². The molecule has 0 radical (unpaired) electrons. The second kappa shape index (κ2) is 5.54. The van der Waals surface area contributed by atoms with Crippen LogP contribution in [0.25, 0.3) is 0 Å². The van der Waals surface area contributed by atoms with Crippen molar-refractivity contribution in [3.63, 3.8) is 0 Å². The van der Waals surface area contributed by atoms with E-state index >= 15 is 0 Å². The van der Waals surface area contributed by atoms with E-state index in [1.54, 1.807) is 13.8 Å². The first-order chi connectivity index (χ1) is 9.54. The number of alkyl halides is 2. The minimum atomic E-state index is -3.53. The Morgan fingerprint density at radius 1 is 1.19 bits per heavy atom. The fourth-order valence-corrected chi connectivity index (χ4v) is 5.18. The number of hydrogen-bond acceptors (Lipinski definition) is 3. The summed E-state index contributed by atoms with van der Waals surface area (Å²) in [4.78, 5) is 0.404. The maximum absolute atomic E-state index is 13.1. The van der Waals surface area contributed by atoms with Crippen molar-refractivity contribution in [3.05, 3.63) is 24.3 Å². The molecule has 118 valence electrons. The van der Waals surface area contributed by atoms with Crippen molar-refractivity contribution in [3.8, 4) is 0 Å². The Hall–Kier alpha value is -0.620. The Labute approximate surface area is 129 Å². The van der Waals surface area contributed by atoms with Crippen LogP contribution in [0.4, 0.5) is 8.78 Å². The summed E-state index contributed by atoms with van der Waals surface area (Å²) in [5, 5.41) is -2.92. The summed E-state index contributed by atoms with van der Waals surface area (Å²) >= 11 is 0.372. The average Bonchev–Trinajstić information content (AvgIpc) is 2.23. The summed E-state index contributed by atoms with van der Waals surface area (Å²) in [6.45, 7) is 4.28. The number of hydrogen-bond donors (Lipinski definition) is 0. The summed E-state index contributed by atoms with van der Waals surface area (Å²) in [5.41, 5.74) is 0. The molecule has 0 unspecified atom stereocenters. The molecule has 0 bridgehead atoms. The van der Waals surface area contributed by atoms with Gasteiger partial charge in [0.05, 0.1) is 9.64 Å². The highest BCUT2D eigenvalue weighted by molar-refractivity contribution is 8.00. The minimum absolute atomic E-state index is 0.133. The highest BCUT2D eigenvalue weighted by atomic mass is 32.2. The monoisotopic (exact) mass is 334 g/mol. The highest BCUT2D eigenvalue weighted by Gasteiger charge is 2.45. The molecule has 1 fully saturated rings. The van der Waals surface area contributed by atoms with Crippen molar-refractivity contribution in [2.24, 2.45) is 5.92 Å². The Bertz CT molecular complexity index is 615. The van der Waals surface area contributed by atoms with Gasteiger partial charge >= 0.3 is 0 Å². The zero-order chi connectivity index (χ0) is 15.9. The lowest BCUT2D eigenvalue weighted by Crippen LogP contribution is -2.43. The smallest absolute Gasteiger partial charge is 0.223 e. The molecule has 1 aromatic rings. The van der Waals surface area contributed by atoms with Crippen LogP contribution in [0.1, 0.15) is 40.0 Å². The van der Waals surface area contributed by atoms with Gasteiger partial charge in [0, 0.05) is 11.8 Å². The topological polar surface area (TPSA) is 34.1 Å². The van der Waals surface area contributed by atoms with Crippen LogP contribution in [0.3, 0.4) is 0 Å². The minimum Gasteiger partial charge on any atom is -0.223 e. The molecule has 0 N–H and O–H groups in total. The number of benzene rings is 1. The highest BCUT2D eigenvalue weighted by Crippen LogP contribution is 2.44. The Morgan fingerprint density at radius 2 is 1.81 bits per heavy atom. The van der Waals surface area contributed by atoms with E-state index < -0.39 is 19.8 Å². The largest absolute Gasteiger partial charge is 0.295 e. The molecule has 2 rings (SSSR count). The van der Waals surface area contributed by atoms with E-state index in [-0.39, 0.29) is 15.7 Å². The van der Waals surface area contributed by atoms with E-state index in [1.165, 1.54) is 24.3 Å². The predicted molar refractivity (Wildman–Crippen MR) is 81.5 cm³/mol. The fraction of sp³-hybridized carbons (Fsp3) is 0.600. The summed E-state index contributed by atoms with van der Waals surface area (Å²) in [7, 11) is -3.53. The number of sulfone groups is 1. The van der Waals surface area contributed by atoms with Gasteiger partial charge < -0.3 is 0 Å². The number of rotatable bonds is 5. The third kappa shape index (κ3) is 3.42. The average molecular weight is 334 g/mol. The van der Waals surface area contributed by atoms with Crippen LogP contribution in [0.5, 0.6) is 0 Å². The second-order valence-electron chi connectivity index (χ2n) is 6.12. The Balaban J connectivity index is 2.34. The molecule has 21 heavy (non-hydrogen) atoms. The third-order valence-electron chi connectivity index (χ3n) is 4.19. The number of halogens is 2. The normalized spacial score (nSPS) is 17.6. The predicted octanol–water partition coefficient (Wildman–Crippen LogP) is 4.74. The van der Waals surface area contributed by atoms with E-state index in [4.69, 9.17) is 0 Å². The van der Waals surface area contributed by atoms with E-state index in [2.05, 4.69) is 0 Å². The van der Waals surface area contributed by atoms with Crippen molar-refractivity contribution < 1.29 is 17.2 Å². The van der Waals surface area contributed by atoms with Crippen LogP contribution < -0.4 is 0 Å². The third-order valence-corrected chi connectivity index (χ3v) is 7.63. The Morgan fingerprint density at radius 3 is 2.29 bits per heavy atom. The molecule has 1 aliphatic carbocycles. The van der Waals surface area contributed by atoms with Gasteiger partial charge in [0.15, 0.2) is 9.84 Å². The summed E-state index contributed by atoms with van der Waals surface area (Å²) in [6, 6.07) is 5.89. The van der Waals surface area contributed by atoms with Gasteiger partial charge in [0.25, 0.3) is 5.25 Å². The van der Waals surface area contributed by atoms with Gasteiger partial charge in [0.1, 0.15) is 0 Å². The van der Waals surface area contributed by atoms with Gasteiger partial charge in [-0.25, -0.2) is 8.42 Å². The first-order valence-corrected chi connectivity index (χ1v) is 9.25. The van der Waals surface area contributed by atoms with Crippen LogP contribution in [0.15, 0.2) is 34.1 Å². The quantitative estimate of drug-likeness (QED) is 0.729. The van der Waals surface area contributed by atoms with E-state index in [1.807, 2.05) is 0 Å². The Kier molecular flexibility index (Phi) is 4.42. The molecule has 0 aromatic heterocycles. The lowest BCUT2D eigenvalue weighted by atomic mass is 9.77. The standard InChI is InChI=1S/C15H20F2O2S2/c1-14(2,11-6-4-7-11)21(18,19)13-9-5-8-12(10-13)20-15(3,16)17/h5,8-11H,4,6-7H2,1-3H3. The maximum atomic E-state index is 13.1. The van der Waals surface area contributed by atoms with Crippen LogP contribution in [0, 0.1) is 5.92 Å². The molecule has 0 aliphatic heterocycles. The molecule has 0 heterocycles. The molecule has 1 saturated carbocycles. The maximum Gasteiger partial charge on any atom is 0.295 e. The van der Waals surface area contributed by atoms with Crippen molar-refractivity contribution in [2.75, 3.05) is 0 Å². The van der Waals surface area contributed by atoms with Crippen LogP contribution in [0.2, 0.25) is 0 Å². The summed E-state index contributed by atoms with van der Waals surface area (Å²) < 4.78 is 50.9.